The van der Waals surface area contributed by atoms with Gasteiger partial charge >= 0.3 is 0 Å². The van der Waals surface area contributed by atoms with Crippen molar-refractivity contribution in [2.45, 2.75) is 38.1 Å². The molecule has 0 bridgehead atoms. The van der Waals surface area contributed by atoms with Gasteiger partial charge in [-0.15, -0.1) is 0 Å². The molecule has 98 valence electrons. The molecule has 0 aromatic carbocycles. The summed E-state index contributed by atoms with van der Waals surface area (Å²) in [6.07, 6.45) is -0.0671. The molecule has 3 atom stereocenters. The summed E-state index contributed by atoms with van der Waals surface area (Å²) in [5, 5.41) is 0. The van der Waals surface area contributed by atoms with Gasteiger partial charge in [0.1, 0.15) is 18.7 Å². The van der Waals surface area contributed by atoms with Gasteiger partial charge in [0.25, 0.3) is 0 Å². The van der Waals surface area contributed by atoms with E-state index in [0.29, 0.717) is 5.76 Å². The first kappa shape index (κ1) is 14.2. The van der Waals surface area contributed by atoms with Gasteiger partial charge in [-0.2, -0.15) is 0 Å². The third-order valence-electron chi connectivity index (χ3n) is 2.65. The number of carbonyl (C=O) groups is 1. The van der Waals surface area contributed by atoms with Crippen LogP contribution in [0, 0.1) is 0 Å². The Balaban J connectivity index is 2.76. The second kappa shape index (κ2) is 6.74. The predicted octanol–water partition coefficient (Wildman–Crippen LogP) is 1.27. The van der Waals surface area contributed by atoms with Crippen LogP contribution >= 0.6 is 0 Å². The lowest BCUT2D eigenvalue weighted by Gasteiger charge is -2.35. The lowest BCUT2D eigenvalue weighted by Crippen LogP contribution is -2.50. The maximum Gasteiger partial charge on any atom is 0.201 e. The van der Waals surface area contributed by atoms with Gasteiger partial charge < -0.3 is 18.9 Å². The van der Waals surface area contributed by atoms with Crippen molar-refractivity contribution in [2.24, 2.45) is 0 Å². The van der Waals surface area contributed by atoms with Crippen LogP contribution in [0.4, 0.5) is 0 Å². The van der Waals surface area contributed by atoms with E-state index in [9.17, 15) is 4.79 Å². The second-order valence-corrected chi connectivity index (χ2v) is 3.92. The fourth-order valence-corrected chi connectivity index (χ4v) is 1.88. The highest BCUT2D eigenvalue weighted by molar-refractivity contribution is 5.91. The Morgan fingerprint density at radius 3 is 2.65 bits per heavy atom. The molecular weight excluding hydrogens is 224 g/mol. The topological polar surface area (TPSA) is 54.0 Å². The first-order chi connectivity index (χ1) is 8.15. The zero-order valence-electron chi connectivity index (χ0n) is 10.6. The minimum atomic E-state index is -0.745. The van der Waals surface area contributed by atoms with Crippen molar-refractivity contribution >= 4 is 5.78 Å². The molecular formula is C12H20O5. The number of hydrogen-bond acceptors (Lipinski definition) is 5. The Bertz CT molecular complexity index is 276. The molecule has 5 nitrogen and oxygen atoms in total. The Hall–Kier alpha value is -0.910. The predicted molar refractivity (Wildman–Crippen MR) is 61.5 cm³/mol. The molecule has 0 amide bonds. The normalized spacial score (nSPS) is 29.2. The van der Waals surface area contributed by atoms with Crippen LogP contribution in [0.25, 0.3) is 0 Å². The largest absolute Gasteiger partial charge is 0.489 e. The van der Waals surface area contributed by atoms with Crippen molar-refractivity contribution in [2.75, 3.05) is 21.0 Å². The summed E-state index contributed by atoms with van der Waals surface area (Å²) < 4.78 is 20.8. The van der Waals surface area contributed by atoms with Crippen LogP contribution in [-0.4, -0.2) is 45.1 Å². The van der Waals surface area contributed by atoms with E-state index in [0.717, 1.165) is 12.8 Å². The van der Waals surface area contributed by atoms with Crippen molar-refractivity contribution in [3.63, 3.8) is 0 Å². The van der Waals surface area contributed by atoms with Crippen molar-refractivity contribution in [3.8, 4) is 0 Å². The molecule has 1 aliphatic heterocycles. The van der Waals surface area contributed by atoms with Crippen molar-refractivity contribution < 1.29 is 23.7 Å². The fourth-order valence-electron chi connectivity index (χ4n) is 1.88. The summed E-state index contributed by atoms with van der Waals surface area (Å²) in [5.41, 5.74) is 0. The molecule has 0 radical (unpaired) electrons. The highest BCUT2D eigenvalue weighted by Gasteiger charge is 2.42. The molecule has 0 saturated carbocycles. The van der Waals surface area contributed by atoms with Gasteiger partial charge in [-0.1, -0.05) is 19.9 Å². The molecule has 5 heteroatoms. The number of carbonyl (C=O) groups excluding carboxylic acids is 1. The SMILES string of the molecule is C=C1OC(CCC)C(OCOC)C(=O)C1OC. The van der Waals surface area contributed by atoms with Gasteiger partial charge in [-0.25, -0.2) is 0 Å². The van der Waals surface area contributed by atoms with Crippen LogP contribution in [0.3, 0.4) is 0 Å². The van der Waals surface area contributed by atoms with Crippen LogP contribution in [0.15, 0.2) is 12.3 Å². The maximum absolute atomic E-state index is 12.1. The zero-order valence-corrected chi connectivity index (χ0v) is 10.6. The Labute approximate surface area is 102 Å². The summed E-state index contributed by atoms with van der Waals surface area (Å²) >= 11 is 0. The van der Waals surface area contributed by atoms with E-state index in [4.69, 9.17) is 18.9 Å². The van der Waals surface area contributed by atoms with Gasteiger partial charge in [-0.05, 0) is 6.42 Å². The van der Waals surface area contributed by atoms with Crippen LogP contribution in [0.2, 0.25) is 0 Å². The van der Waals surface area contributed by atoms with Gasteiger partial charge in [-0.3, -0.25) is 4.79 Å². The molecule has 0 aromatic heterocycles. The average molecular weight is 244 g/mol. The number of ether oxygens (including phenoxy) is 4. The zero-order chi connectivity index (χ0) is 12.8. The first-order valence-corrected chi connectivity index (χ1v) is 5.68. The number of methoxy groups -OCH3 is 2. The molecule has 1 rings (SSSR count). The highest BCUT2D eigenvalue weighted by atomic mass is 16.7. The summed E-state index contributed by atoms with van der Waals surface area (Å²) in [5.74, 6) is 0.201. The summed E-state index contributed by atoms with van der Waals surface area (Å²) in [4.78, 5) is 12.1. The van der Waals surface area contributed by atoms with Crippen LogP contribution in [0.1, 0.15) is 19.8 Å². The summed E-state index contributed by atoms with van der Waals surface area (Å²) in [6, 6.07) is 0. The summed E-state index contributed by atoms with van der Waals surface area (Å²) in [7, 11) is 2.96. The number of rotatable bonds is 6. The summed E-state index contributed by atoms with van der Waals surface area (Å²) in [6.45, 7) is 5.79. The van der Waals surface area contributed by atoms with Gasteiger partial charge in [0, 0.05) is 14.2 Å². The molecule has 17 heavy (non-hydrogen) atoms. The third kappa shape index (κ3) is 3.28. The van der Waals surface area contributed by atoms with E-state index in [-0.39, 0.29) is 18.7 Å². The molecule has 3 unspecified atom stereocenters. The van der Waals surface area contributed by atoms with Gasteiger partial charge in [0.2, 0.25) is 5.78 Å². The molecule has 0 spiro atoms. The molecule has 1 saturated heterocycles. The lowest BCUT2D eigenvalue weighted by molar-refractivity contribution is -0.176. The van der Waals surface area contributed by atoms with E-state index in [1.807, 2.05) is 6.92 Å². The van der Waals surface area contributed by atoms with Crippen molar-refractivity contribution in [3.05, 3.63) is 12.3 Å². The lowest BCUT2D eigenvalue weighted by atomic mass is 9.97. The van der Waals surface area contributed by atoms with Crippen LogP contribution < -0.4 is 0 Å². The molecule has 1 aliphatic rings. The van der Waals surface area contributed by atoms with Crippen LogP contribution in [0.5, 0.6) is 0 Å². The van der Waals surface area contributed by atoms with E-state index in [1.54, 1.807) is 0 Å². The third-order valence-corrected chi connectivity index (χ3v) is 2.65. The van der Waals surface area contributed by atoms with Crippen molar-refractivity contribution in [1.82, 2.24) is 0 Å². The number of hydrogen-bond donors (Lipinski definition) is 0. The number of ketones is 1. The van der Waals surface area contributed by atoms with E-state index in [2.05, 4.69) is 6.58 Å². The maximum atomic E-state index is 12.1. The molecule has 0 aliphatic carbocycles. The van der Waals surface area contributed by atoms with Crippen LogP contribution in [-0.2, 0) is 23.7 Å². The Morgan fingerprint density at radius 2 is 2.12 bits per heavy atom. The van der Waals surface area contributed by atoms with Crippen molar-refractivity contribution in [1.29, 1.82) is 0 Å². The fraction of sp³-hybridized carbons (Fsp3) is 0.750. The van der Waals surface area contributed by atoms with E-state index in [1.165, 1.54) is 14.2 Å². The second-order valence-electron chi connectivity index (χ2n) is 3.92. The van der Waals surface area contributed by atoms with Gasteiger partial charge in [0.15, 0.2) is 12.2 Å². The van der Waals surface area contributed by atoms with E-state index >= 15 is 0 Å². The first-order valence-electron chi connectivity index (χ1n) is 5.68. The monoisotopic (exact) mass is 244 g/mol. The average Bonchev–Trinajstić information content (AvgIpc) is 2.29. The van der Waals surface area contributed by atoms with Gasteiger partial charge in [0.05, 0.1) is 0 Å². The smallest absolute Gasteiger partial charge is 0.201 e. The molecule has 1 heterocycles. The standard InChI is InChI=1S/C12H20O5/c1-5-6-9-12(16-7-14-3)10(13)11(15-4)8(2)17-9/h9,11-12H,2,5-7H2,1,3-4H3. The Morgan fingerprint density at radius 1 is 1.41 bits per heavy atom. The minimum absolute atomic E-state index is 0.0584. The number of Topliss-reactive ketones (excluding diaryl/α,β-unsaturated/α-hetero) is 1. The molecule has 0 aromatic rings. The molecule has 1 fully saturated rings. The molecule has 0 N–H and O–H groups in total. The van der Waals surface area contributed by atoms with E-state index < -0.39 is 12.2 Å². The Kier molecular flexibility index (Phi) is 5.61. The minimum Gasteiger partial charge on any atom is -0.489 e. The highest BCUT2D eigenvalue weighted by Crippen LogP contribution is 2.26. The quantitative estimate of drug-likeness (QED) is 0.659.